The summed E-state index contributed by atoms with van der Waals surface area (Å²) in [5.41, 5.74) is -0.716. The van der Waals surface area contributed by atoms with Gasteiger partial charge in [-0.15, -0.1) is 0 Å². The van der Waals surface area contributed by atoms with Crippen LogP contribution in [-0.4, -0.2) is 65.7 Å². The molecule has 0 bridgehead atoms. The van der Waals surface area contributed by atoms with Crippen molar-refractivity contribution in [3.63, 3.8) is 0 Å². The number of carbonyl (C=O) groups is 1. The van der Waals surface area contributed by atoms with Crippen molar-refractivity contribution >= 4 is 5.91 Å². The second kappa shape index (κ2) is 9.70. The van der Waals surface area contributed by atoms with Crippen molar-refractivity contribution in [3.8, 4) is 17.2 Å². The molecule has 1 aliphatic heterocycles. The normalized spacial score (nSPS) is 13.6. The van der Waals surface area contributed by atoms with Gasteiger partial charge in [-0.1, -0.05) is 18.2 Å². The minimum absolute atomic E-state index is 0.0508. The van der Waals surface area contributed by atoms with Crippen LogP contribution in [0.4, 0.5) is 0 Å². The smallest absolute Gasteiger partial charge is 0.352 e. The van der Waals surface area contributed by atoms with Crippen molar-refractivity contribution in [1.29, 1.82) is 0 Å². The SMILES string of the molecule is COc1cccc(Cn2c(=O)c(C(=O)N3CCOCC3)nn(-c3cccc(OC)c3)c2=O)c1. The molecule has 0 unspecified atom stereocenters. The highest BCUT2D eigenvalue weighted by Gasteiger charge is 2.26. The Kier molecular flexibility index (Phi) is 6.55. The number of ether oxygens (including phenoxy) is 3. The van der Waals surface area contributed by atoms with Crippen LogP contribution < -0.4 is 20.7 Å². The van der Waals surface area contributed by atoms with E-state index in [1.807, 2.05) is 0 Å². The number of benzene rings is 2. The third-order valence-corrected chi connectivity index (χ3v) is 5.33. The summed E-state index contributed by atoms with van der Waals surface area (Å²) in [7, 11) is 3.04. The molecule has 1 amide bonds. The van der Waals surface area contributed by atoms with E-state index in [1.165, 1.54) is 19.1 Å². The molecule has 3 aromatic rings. The number of nitrogens with zero attached hydrogens (tertiary/aromatic N) is 4. The zero-order valence-corrected chi connectivity index (χ0v) is 18.4. The third kappa shape index (κ3) is 4.65. The van der Waals surface area contributed by atoms with Crippen LogP contribution in [0.2, 0.25) is 0 Å². The number of amides is 1. The Morgan fingerprint density at radius 2 is 1.67 bits per heavy atom. The fourth-order valence-electron chi connectivity index (χ4n) is 3.57. The molecule has 4 rings (SSSR count). The van der Waals surface area contributed by atoms with Crippen LogP contribution >= 0.6 is 0 Å². The molecule has 2 aromatic carbocycles. The van der Waals surface area contributed by atoms with E-state index in [0.717, 1.165) is 9.25 Å². The van der Waals surface area contributed by atoms with E-state index in [9.17, 15) is 14.4 Å². The Bertz CT molecular complexity index is 1280. The summed E-state index contributed by atoms with van der Waals surface area (Å²) < 4.78 is 17.9. The van der Waals surface area contributed by atoms with Crippen LogP contribution in [0.1, 0.15) is 16.1 Å². The lowest BCUT2D eigenvalue weighted by molar-refractivity contribution is 0.0295. The van der Waals surface area contributed by atoms with Gasteiger partial charge in [0, 0.05) is 19.2 Å². The number of hydrogen-bond donors (Lipinski definition) is 0. The van der Waals surface area contributed by atoms with Gasteiger partial charge < -0.3 is 19.1 Å². The van der Waals surface area contributed by atoms with Crippen molar-refractivity contribution in [2.45, 2.75) is 6.54 Å². The highest BCUT2D eigenvalue weighted by Crippen LogP contribution is 2.15. The number of rotatable bonds is 6. The first-order valence-corrected chi connectivity index (χ1v) is 10.4. The predicted octanol–water partition coefficient (Wildman–Crippen LogP) is 0.932. The standard InChI is InChI=1S/C23H24N4O6/c1-31-18-7-3-5-16(13-18)15-26-22(29)20(21(28)25-9-11-33-12-10-25)24-27(23(26)30)17-6-4-8-19(14-17)32-2/h3-8,13-14H,9-12,15H2,1-2H3. The number of methoxy groups -OCH3 is 2. The van der Waals surface area contributed by atoms with Gasteiger partial charge in [-0.2, -0.15) is 9.78 Å². The molecule has 0 N–H and O–H groups in total. The first-order valence-electron chi connectivity index (χ1n) is 10.4. The highest BCUT2D eigenvalue weighted by molar-refractivity contribution is 5.91. The van der Waals surface area contributed by atoms with Gasteiger partial charge in [0.15, 0.2) is 0 Å². The van der Waals surface area contributed by atoms with Gasteiger partial charge in [0.05, 0.1) is 39.7 Å². The summed E-state index contributed by atoms with van der Waals surface area (Å²) in [4.78, 5) is 41.3. The number of carbonyl (C=O) groups excluding carboxylic acids is 1. The van der Waals surface area contributed by atoms with Crippen molar-refractivity contribution in [2.24, 2.45) is 0 Å². The molecule has 1 aromatic heterocycles. The summed E-state index contributed by atoms with van der Waals surface area (Å²) in [5.74, 6) is 0.555. The van der Waals surface area contributed by atoms with Gasteiger partial charge in [-0.25, -0.2) is 4.79 Å². The highest BCUT2D eigenvalue weighted by atomic mass is 16.5. The molecule has 1 aliphatic rings. The molecule has 10 nitrogen and oxygen atoms in total. The van der Waals surface area contributed by atoms with Crippen molar-refractivity contribution in [3.05, 3.63) is 80.6 Å². The Morgan fingerprint density at radius 1 is 1.00 bits per heavy atom. The summed E-state index contributed by atoms with van der Waals surface area (Å²) >= 11 is 0. The molecule has 2 heterocycles. The molecule has 0 saturated carbocycles. The number of morpholine rings is 1. The van der Waals surface area contributed by atoms with Gasteiger partial charge in [0.1, 0.15) is 11.5 Å². The second-order valence-corrected chi connectivity index (χ2v) is 7.39. The lowest BCUT2D eigenvalue weighted by Crippen LogP contribution is -2.48. The summed E-state index contributed by atoms with van der Waals surface area (Å²) in [6.45, 7) is 1.38. The Balaban J connectivity index is 1.87. The molecule has 1 fully saturated rings. The monoisotopic (exact) mass is 452 g/mol. The second-order valence-electron chi connectivity index (χ2n) is 7.39. The Labute approximate surface area is 189 Å². The van der Waals surface area contributed by atoms with Gasteiger partial charge in [-0.3, -0.25) is 14.2 Å². The van der Waals surface area contributed by atoms with E-state index >= 15 is 0 Å². The van der Waals surface area contributed by atoms with E-state index in [-0.39, 0.29) is 12.2 Å². The van der Waals surface area contributed by atoms with E-state index in [0.29, 0.717) is 49.1 Å². The van der Waals surface area contributed by atoms with E-state index < -0.39 is 17.2 Å². The number of hydrogen-bond acceptors (Lipinski definition) is 7. The van der Waals surface area contributed by atoms with Crippen LogP contribution in [-0.2, 0) is 11.3 Å². The van der Waals surface area contributed by atoms with Gasteiger partial charge in [0.2, 0.25) is 5.69 Å². The Hall–Kier alpha value is -3.92. The minimum Gasteiger partial charge on any atom is -0.497 e. The Morgan fingerprint density at radius 3 is 2.36 bits per heavy atom. The molecule has 172 valence electrons. The molecular formula is C23H24N4O6. The molecule has 0 spiro atoms. The zero-order chi connectivity index (χ0) is 23.4. The summed E-state index contributed by atoms with van der Waals surface area (Å²) in [6.07, 6.45) is 0. The van der Waals surface area contributed by atoms with Crippen molar-refractivity contribution in [1.82, 2.24) is 19.2 Å². The number of aromatic nitrogens is 3. The molecular weight excluding hydrogens is 428 g/mol. The third-order valence-electron chi connectivity index (χ3n) is 5.33. The van der Waals surface area contributed by atoms with E-state index in [2.05, 4.69) is 5.10 Å². The lowest BCUT2D eigenvalue weighted by atomic mass is 10.2. The fourth-order valence-corrected chi connectivity index (χ4v) is 3.57. The van der Waals surface area contributed by atoms with Crippen LogP contribution in [0, 0.1) is 0 Å². The van der Waals surface area contributed by atoms with Crippen LogP contribution in [0.25, 0.3) is 5.69 Å². The average molecular weight is 452 g/mol. The molecule has 33 heavy (non-hydrogen) atoms. The van der Waals surface area contributed by atoms with Gasteiger partial charge in [-0.05, 0) is 29.8 Å². The van der Waals surface area contributed by atoms with Crippen LogP contribution in [0.15, 0.2) is 58.1 Å². The molecule has 0 aliphatic carbocycles. The van der Waals surface area contributed by atoms with Crippen LogP contribution in [0.5, 0.6) is 11.5 Å². The summed E-state index contributed by atoms with van der Waals surface area (Å²) in [6, 6.07) is 13.7. The van der Waals surface area contributed by atoms with E-state index in [1.54, 1.807) is 48.5 Å². The maximum Gasteiger partial charge on any atom is 0.352 e. The summed E-state index contributed by atoms with van der Waals surface area (Å²) in [5, 5.41) is 4.19. The molecule has 0 radical (unpaired) electrons. The molecule has 0 atom stereocenters. The molecule has 10 heteroatoms. The first kappa shape index (κ1) is 22.3. The fraction of sp³-hybridized carbons (Fsp3) is 0.304. The zero-order valence-electron chi connectivity index (χ0n) is 18.4. The lowest BCUT2D eigenvalue weighted by Gasteiger charge is -2.26. The van der Waals surface area contributed by atoms with E-state index in [4.69, 9.17) is 14.2 Å². The van der Waals surface area contributed by atoms with Crippen molar-refractivity contribution in [2.75, 3.05) is 40.5 Å². The first-order chi connectivity index (χ1) is 16.0. The van der Waals surface area contributed by atoms with Gasteiger partial charge in [0.25, 0.3) is 11.5 Å². The topological polar surface area (TPSA) is 105 Å². The minimum atomic E-state index is -0.751. The maximum absolute atomic E-state index is 13.3. The average Bonchev–Trinajstić information content (AvgIpc) is 2.87. The quantitative estimate of drug-likeness (QED) is 0.548. The maximum atomic E-state index is 13.3. The van der Waals surface area contributed by atoms with Gasteiger partial charge >= 0.3 is 5.69 Å². The van der Waals surface area contributed by atoms with Crippen LogP contribution in [0.3, 0.4) is 0 Å². The largest absolute Gasteiger partial charge is 0.497 e. The molecule has 1 saturated heterocycles. The predicted molar refractivity (Wildman–Crippen MR) is 119 cm³/mol. The van der Waals surface area contributed by atoms with Crippen molar-refractivity contribution < 1.29 is 19.0 Å².